The molecule has 0 fully saturated rings. The molecule has 0 atom stereocenters. The molecule has 1 heterocycles. The van der Waals surface area contributed by atoms with Crippen molar-refractivity contribution in [2.75, 3.05) is 0 Å². The van der Waals surface area contributed by atoms with Gasteiger partial charge < -0.3 is 0 Å². The molecule has 1 aromatic heterocycles. The van der Waals surface area contributed by atoms with Crippen molar-refractivity contribution in [1.82, 2.24) is 9.13 Å². The van der Waals surface area contributed by atoms with Gasteiger partial charge in [0.25, 0.3) is 5.56 Å². The maximum Gasteiger partial charge on any atom is 0.331 e. The lowest BCUT2D eigenvalue weighted by atomic mass is 10.2. The molecule has 0 N–H and O–H groups in total. The fraction of sp³-hybridized carbons (Fsp3) is 0.143. The summed E-state index contributed by atoms with van der Waals surface area (Å²) in [5.74, 6) is 5.20. The third kappa shape index (κ3) is 2.58. The molecule has 0 aliphatic carbocycles. The van der Waals surface area contributed by atoms with Crippen LogP contribution in [-0.2, 0) is 14.1 Å². The highest BCUT2D eigenvalue weighted by molar-refractivity contribution is 9.10. The molecule has 1 aromatic carbocycles. The standard InChI is InChI=1S/C14H10BrFN2O2/c1-17-11(12(15)13(19)18(2)14(17)20)8-5-9-3-6-10(16)7-4-9/h3-4,6-7H,1-2H3. The fourth-order valence-corrected chi connectivity index (χ4v) is 2.24. The highest BCUT2D eigenvalue weighted by atomic mass is 79.9. The number of rotatable bonds is 0. The zero-order chi connectivity index (χ0) is 14.9. The summed E-state index contributed by atoms with van der Waals surface area (Å²) < 4.78 is 15.3. The summed E-state index contributed by atoms with van der Waals surface area (Å²) in [6.07, 6.45) is 0. The second kappa shape index (κ2) is 5.47. The van der Waals surface area contributed by atoms with Crippen LogP contribution in [0.15, 0.2) is 38.3 Å². The van der Waals surface area contributed by atoms with Crippen LogP contribution in [0.3, 0.4) is 0 Å². The molecule has 0 aliphatic rings. The van der Waals surface area contributed by atoms with Crippen molar-refractivity contribution in [3.8, 4) is 11.8 Å². The topological polar surface area (TPSA) is 44.0 Å². The first-order chi connectivity index (χ1) is 9.41. The number of aromatic nitrogens is 2. The zero-order valence-electron chi connectivity index (χ0n) is 10.8. The second-order valence-corrected chi connectivity index (χ2v) is 4.92. The molecule has 0 saturated carbocycles. The Morgan fingerprint density at radius 1 is 1.05 bits per heavy atom. The van der Waals surface area contributed by atoms with Crippen molar-refractivity contribution in [2.24, 2.45) is 14.1 Å². The van der Waals surface area contributed by atoms with Crippen molar-refractivity contribution >= 4 is 15.9 Å². The summed E-state index contributed by atoms with van der Waals surface area (Å²) in [5.41, 5.74) is -0.0352. The summed E-state index contributed by atoms with van der Waals surface area (Å²) in [4.78, 5) is 23.6. The van der Waals surface area contributed by atoms with Gasteiger partial charge >= 0.3 is 5.69 Å². The predicted octanol–water partition coefficient (Wildman–Crippen LogP) is 1.39. The molecule has 6 heteroatoms. The first kappa shape index (κ1) is 14.3. The predicted molar refractivity (Wildman–Crippen MR) is 77.0 cm³/mol. The molecular formula is C14H10BrFN2O2. The van der Waals surface area contributed by atoms with Crippen LogP contribution in [0.5, 0.6) is 0 Å². The minimum Gasteiger partial charge on any atom is -0.288 e. The van der Waals surface area contributed by atoms with E-state index in [4.69, 9.17) is 0 Å². The maximum absolute atomic E-state index is 12.8. The molecule has 4 nitrogen and oxygen atoms in total. The SMILES string of the molecule is Cn1c(C#Cc2ccc(F)cc2)c(Br)c(=O)n(C)c1=O. The molecule has 102 valence electrons. The molecule has 0 saturated heterocycles. The Hall–Kier alpha value is -2.13. The number of hydrogen-bond donors (Lipinski definition) is 0. The van der Waals surface area contributed by atoms with Gasteiger partial charge in [0.05, 0.1) is 0 Å². The van der Waals surface area contributed by atoms with E-state index in [0.29, 0.717) is 5.56 Å². The van der Waals surface area contributed by atoms with Gasteiger partial charge in [0.15, 0.2) is 0 Å². The summed E-state index contributed by atoms with van der Waals surface area (Å²) in [6, 6.07) is 5.63. The summed E-state index contributed by atoms with van der Waals surface area (Å²) >= 11 is 3.15. The largest absolute Gasteiger partial charge is 0.331 e. The van der Waals surface area contributed by atoms with Gasteiger partial charge in [-0.1, -0.05) is 5.92 Å². The minimum absolute atomic E-state index is 0.219. The molecule has 2 aromatic rings. The minimum atomic E-state index is -0.457. The fourth-order valence-electron chi connectivity index (χ4n) is 1.61. The Morgan fingerprint density at radius 2 is 1.65 bits per heavy atom. The Labute approximate surface area is 122 Å². The quantitative estimate of drug-likeness (QED) is 0.682. The summed E-state index contributed by atoms with van der Waals surface area (Å²) in [6.45, 7) is 0. The molecule has 20 heavy (non-hydrogen) atoms. The zero-order valence-corrected chi connectivity index (χ0v) is 12.4. The van der Waals surface area contributed by atoms with E-state index >= 15 is 0 Å². The molecule has 0 amide bonds. The summed E-state index contributed by atoms with van der Waals surface area (Å²) in [5, 5.41) is 0. The van der Waals surface area contributed by atoms with Crippen LogP contribution in [0.25, 0.3) is 0 Å². The number of hydrogen-bond acceptors (Lipinski definition) is 2. The van der Waals surface area contributed by atoms with Crippen molar-refractivity contribution in [3.63, 3.8) is 0 Å². The van der Waals surface area contributed by atoms with Gasteiger partial charge in [-0.15, -0.1) is 0 Å². The highest BCUT2D eigenvalue weighted by Crippen LogP contribution is 2.08. The molecule has 0 radical (unpaired) electrons. The van der Waals surface area contributed by atoms with E-state index in [1.807, 2.05) is 0 Å². The van der Waals surface area contributed by atoms with Gasteiger partial charge in [0.2, 0.25) is 0 Å². The Morgan fingerprint density at radius 3 is 2.25 bits per heavy atom. The van der Waals surface area contributed by atoms with Crippen LogP contribution in [-0.4, -0.2) is 9.13 Å². The third-order valence-corrected chi connectivity index (χ3v) is 3.49. The first-order valence-electron chi connectivity index (χ1n) is 5.65. The monoisotopic (exact) mass is 336 g/mol. The number of halogens is 2. The normalized spacial score (nSPS) is 10.0. The van der Waals surface area contributed by atoms with Crippen molar-refractivity contribution < 1.29 is 4.39 Å². The van der Waals surface area contributed by atoms with Crippen molar-refractivity contribution in [2.45, 2.75) is 0 Å². The Bertz CT molecular complexity index is 802. The maximum atomic E-state index is 12.8. The first-order valence-corrected chi connectivity index (χ1v) is 6.44. The van der Waals surface area contributed by atoms with Gasteiger partial charge in [-0.2, -0.15) is 0 Å². The van der Waals surface area contributed by atoms with E-state index in [0.717, 1.165) is 4.57 Å². The molecule has 0 unspecified atom stereocenters. The van der Waals surface area contributed by atoms with Gasteiger partial charge in [0, 0.05) is 19.7 Å². The number of benzene rings is 1. The lowest BCUT2D eigenvalue weighted by Gasteiger charge is -2.06. The van der Waals surface area contributed by atoms with E-state index in [1.54, 1.807) is 0 Å². The molecule has 2 rings (SSSR count). The molecule has 0 spiro atoms. The van der Waals surface area contributed by atoms with Crippen LogP contribution < -0.4 is 11.2 Å². The van der Waals surface area contributed by atoms with Crippen LogP contribution in [0.1, 0.15) is 11.3 Å². The Balaban J connectivity index is 2.59. The highest BCUT2D eigenvalue weighted by Gasteiger charge is 2.11. The third-order valence-electron chi connectivity index (χ3n) is 2.78. The molecule has 0 aliphatic heterocycles. The average molecular weight is 337 g/mol. The van der Waals surface area contributed by atoms with Crippen LogP contribution in [0, 0.1) is 17.7 Å². The van der Waals surface area contributed by atoms with Crippen molar-refractivity contribution in [1.29, 1.82) is 0 Å². The van der Waals surface area contributed by atoms with E-state index in [1.165, 1.54) is 42.9 Å². The molecule has 0 bridgehead atoms. The van der Waals surface area contributed by atoms with Crippen molar-refractivity contribution in [3.05, 3.63) is 66.7 Å². The number of nitrogens with zero attached hydrogens (tertiary/aromatic N) is 2. The second-order valence-electron chi connectivity index (χ2n) is 4.13. The van der Waals surface area contributed by atoms with Crippen LogP contribution in [0.4, 0.5) is 4.39 Å². The van der Waals surface area contributed by atoms with Gasteiger partial charge in [-0.05, 0) is 46.1 Å². The molecular weight excluding hydrogens is 327 g/mol. The van der Waals surface area contributed by atoms with Gasteiger partial charge in [0.1, 0.15) is 16.0 Å². The Kier molecular flexibility index (Phi) is 3.91. The lowest BCUT2D eigenvalue weighted by Crippen LogP contribution is -2.38. The van der Waals surface area contributed by atoms with Gasteiger partial charge in [-0.3, -0.25) is 13.9 Å². The van der Waals surface area contributed by atoms with Crippen LogP contribution >= 0.6 is 15.9 Å². The average Bonchev–Trinajstić information content (AvgIpc) is 2.45. The summed E-state index contributed by atoms with van der Waals surface area (Å²) in [7, 11) is 2.92. The van der Waals surface area contributed by atoms with Gasteiger partial charge in [-0.25, -0.2) is 9.18 Å². The van der Waals surface area contributed by atoms with Crippen LogP contribution in [0.2, 0.25) is 0 Å². The van der Waals surface area contributed by atoms with E-state index in [-0.39, 0.29) is 16.0 Å². The smallest absolute Gasteiger partial charge is 0.288 e. The van der Waals surface area contributed by atoms with E-state index < -0.39 is 11.2 Å². The van der Waals surface area contributed by atoms with E-state index in [9.17, 15) is 14.0 Å². The lowest BCUT2D eigenvalue weighted by molar-refractivity contribution is 0.627. The van der Waals surface area contributed by atoms with E-state index in [2.05, 4.69) is 27.8 Å².